The zero-order valence-electron chi connectivity index (χ0n) is 10.1. The molecule has 1 saturated carbocycles. The Morgan fingerprint density at radius 3 is 2.72 bits per heavy atom. The Morgan fingerprint density at radius 2 is 2.17 bits per heavy atom. The summed E-state index contributed by atoms with van der Waals surface area (Å²) in [4.78, 5) is 13.8. The number of aromatic hydroxyl groups is 1. The predicted octanol–water partition coefficient (Wildman–Crippen LogP) is 3.14. The monoisotopic (exact) mass is 287 g/mol. The Kier molecular flexibility index (Phi) is 4.03. The molecule has 0 bridgehead atoms. The van der Waals surface area contributed by atoms with Crippen LogP contribution in [0.15, 0.2) is 18.2 Å². The molecule has 5 heteroatoms. The summed E-state index contributed by atoms with van der Waals surface area (Å²) in [6.07, 6.45) is 1.94. The van der Waals surface area contributed by atoms with Gasteiger partial charge in [0, 0.05) is 24.5 Å². The number of carbonyl (C=O) groups is 1. The van der Waals surface area contributed by atoms with Gasteiger partial charge in [-0.3, -0.25) is 4.79 Å². The minimum atomic E-state index is -0.0880. The number of phenolic OH excluding ortho intramolecular Hbond substituents is 1. The van der Waals surface area contributed by atoms with Crippen molar-refractivity contribution in [3.8, 4) is 5.75 Å². The molecule has 1 N–H and O–H groups in total. The Labute approximate surface area is 116 Å². The zero-order valence-corrected chi connectivity index (χ0v) is 11.6. The molecule has 1 aliphatic rings. The number of hydrogen-bond acceptors (Lipinski definition) is 2. The van der Waals surface area contributed by atoms with E-state index >= 15 is 0 Å². The van der Waals surface area contributed by atoms with Gasteiger partial charge < -0.3 is 10.0 Å². The van der Waals surface area contributed by atoms with E-state index in [4.69, 9.17) is 23.2 Å². The van der Waals surface area contributed by atoms with Crippen molar-refractivity contribution in [3.05, 3.63) is 28.8 Å². The Balaban J connectivity index is 1.99. The summed E-state index contributed by atoms with van der Waals surface area (Å²) in [6, 6.07) is 4.49. The first-order chi connectivity index (χ1) is 8.47. The molecule has 18 heavy (non-hydrogen) atoms. The molecule has 0 unspecified atom stereocenters. The van der Waals surface area contributed by atoms with E-state index in [2.05, 4.69) is 0 Å². The maximum Gasteiger partial charge on any atom is 0.253 e. The first kappa shape index (κ1) is 13.5. The number of alkyl halides is 1. The SMILES string of the molecule is CN(CC1CC(Cl)C1)C(=O)c1ccc(O)c(Cl)c1. The molecule has 0 heterocycles. The molecule has 0 aliphatic heterocycles. The third-order valence-electron chi connectivity index (χ3n) is 3.25. The number of phenols is 1. The molecule has 0 atom stereocenters. The molecule has 1 aliphatic carbocycles. The Hall–Kier alpha value is -0.930. The molecular weight excluding hydrogens is 273 g/mol. The van der Waals surface area contributed by atoms with Crippen LogP contribution in [0.1, 0.15) is 23.2 Å². The molecular formula is C13H15Cl2NO2. The lowest BCUT2D eigenvalue weighted by molar-refractivity contribution is 0.0747. The van der Waals surface area contributed by atoms with Crippen LogP contribution in [-0.4, -0.2) is 34.9 Å². The fourth-order valence-corrected chi connectivity index (χ4v) is 2.82. The fraction of sp³-hybridized carbons (Fsp3) is 0.462. The van der Waals surface area contributed by atoms with Crippen molar-refractivity contribution < 1.29 is 9.90 Å². The standard InChI is InChI=1S/C13H15Cl2NO2/c1-16(7-8-4-10(14)5-8)13(18)9-2-3-12(17)11(15)6-9/h2-3,6,8,10,17H,4-5,7H2,1H3. The number of amides is 1. The van der Waals surface area contributed by atoms with E-state index < -0.39 is 0 Å². The minimum Gasteiger partial charge on any atom is -0.506 e. The molecule has 1 aromatic rings. The lowest BCUT2D eigenvalue weighted by Crippen LogP contribution is -2.37. The molecule has 0 radical (unpaired) electrons. The van der Waals surface area contributed by atoms with Crippen molar-refractivity contribution in [1.82, 2.24) is 4.90 Å². The average molecular weight is 288 g/mol. The summed E-state index contributed by atoms with van der Waals surface area (Å²) in [6.45, 7) is 0.709. The van der Waals surface area contributed by atoms with Crippen LogP contribution in [0, 0.1) is 5.92 Å². The second kappa shape index (κ2) is 5.37. The zero-order chi connectivity index (χ0) is 13.3. The Morgan fingerprint density at radius 1 is 1.50 bits per heavy atom. The first-order valence-electron chi connectivity index (χ1n) is 5.85. The van der Waals surface area contributed by atoms with Crippen LogP contribution in [0.4, 0.5) is 0 Å². The third kappa shape index (κ3) is 2.90. The highest BCUT2D eigenvalue weighted by atomic mass is 35.5. The second-order valence-electron chi connectivity index (χ2n) is 4.79. The van der Waals surface area contributed by atoms with Crippen LogP contribution in [-0.2, 0) is 0 Å². The number of rotatable bonds is 3. The van der Waals surface area contributed by atoms with E-state index in [-0.39, 0.29) is 22.1 Å². The highest BCUT2D eigenvalue weighted by Crippen LogP contribution is 2.32. The van der Waals surface area contributed by atoms with Crippen molar-refractivity contribution in [2.45, 2.75) is 18.2 Å². The summed E-state index contributed by atoms with van der Waals surface area (Å²) in [7, 11) is 1.77. The third-order valence-corrected chi connectivity index (χ3v) is 3.91. The van der Waals surface area contributed by atoms with Crippen LogP contribution in [0.3, 0.4) is 0 Å². The van der Waals surface area contributed by atoms with E-state index in [1.807, 2.05) is 0 Å². The van der Waals surface area contributed by atoms with Crippen molar-refractivity contribution in [3.63, 3.8) is 0 Å². The van der Waals surface area contributed by atoms with Gasteiger partial charge in [0.15, 0.2) is 0 Å². The van der Waals surface area contributed by atoms with Gasteiger partial charge >= 0.3 is 0 Å². The van der Waals surface area contributed by atoms with Crippen LogP contribution >= 0.6 is 23.2 Å². The van der Waals surface area contributed by atoms with Crippen LogP contribution < -0.4 is 0 Å². The van der Waals surface area contributed by atoms with E-state index in [0.29, 0.717) is 18.0 Å². The summed E-state index contributed by atoms with van der Waals surface area (Å²) in [5.74, 6) is 0.392. The highest BCUT2D eigenvalue weighted by molar-refractivity contribution is 6.32. The van der Waals surface area contributed by atoms with Gasteiger partial charge in [-0.05, 0) is 37.0 Å². The Bertz CT molecular complexity index is 458. The quantitative estimate of drug-likeness (QED) is 0.868. The molecule has 0 saturated heterocycles. The van der Waals surface area contributed by atoms with E-state index in [1.165, 1.54) is 12.1 Å². The fourth-order valence-electron chi connectivity index (χ4n) is 2.13. The summed E-state index contributed by atoms with van der Waals surface area (Å²) < 4.78 is 0. The summed E-state index contributed by atoms with van der Waals surface area (Å²) in [5, 5.41) is 9.77. The molecule has 0 spiro atoms. The number of benzene rings is 1. The van der Waals surface area contributed by atoms with Gasteiger partial charge in [0.1, 0.15) is 5.75 Å². The predicted molar refractivity (Wildman–Crippen MR) is 72.4 cm³/mol. The number of hydrogen-bond donors (Lipinski definition) is 1. The number of nitrogens with zero attached hydrogens (tertiary/aromatic N) is 1. The summed E-state index contributed by atoms with van der Waals surface area (Å²) >= 11 is 11.7. The van der Waals surface area contributed by atoms with E-state index in [1.54, 1.807) is 18.0 Å². The normalized spacial score (nSPS) is 22.4. The smallest absolute Gasteiger partial charge is 0.253 e. The van der Waals surface area contributed by atoms with Crippen molar-refractivity contribution in [2.75, 3.05) is 13.6 Å². The highest BCUT2D eigenvalue weighted by Gasteiger charge is 2.29. The van der Waals surface area contributed by atoms with Crippen molar-refractivity contribution in [2.24, 2.45) is 5.92 Å². The van der Waals surface area contributed by atoms with Gasteiger partial charge in [-0.15, -0.1) is 11.6 Å². The van der Waals surface area contributed by atoms with Crippen LogP contribution in [0.5, 0.6) is 5.75 Å². The summed E-state index contributed by atoms with van der Waals surface area (Å²) in [5.41, 5.74) is 0.488. The lowest BCUT2D eigenvalue weighted by atomic mass is 9.84. The van der Waals surface area contributed by atoms with E-state index in [9.17, 15) is 9.90 Å². The topological polar surface area (TPSA) is 40.5 Å². The molecule has 1 amide bonds. The van der Waals surface area contributed by atoms with Crippen LogP contribution in [0.25, 0.3) is 0 Å². The second-order valence-corrected chi connectivity index (χ2v) is 5.81. The minimum absolute atomic E-state index is 0.0140. The maximum atomic E-state index is 12.1. The van der Waals surface area contributed by atoms with Gasteiger partial charge in [-0.2, -0.15) is 0 Å². The van der Waals surface area contributed by atoms with Crippen molar-refractivity contribution in [1.29, 1.82) is 0 Å². The largest absolute Gasteiger partial charge is 0.506 e. The van der Waals surface area contributed by atoms with Gasteiger partial charge in [0.2, 0.25) is 0 Å². The first-order valence-corrected chi connectivity index (χ1v) is 6.67. The molecule has 1 aromatic carbocycles. The number of halogens is 2. The maximum absolute atomic E-state index is 12.1. The van der Waals surface area contributed by atoms with E-state index in [0.717, 1.165) is 12.8 Å². The number of carbonyl (C=O) groups excluding carboxylic acids is 1. The average Bonchev–Trinajstić information content (AvgIpc) is 2.29. The van der Waals surface area contributed by atoms with Gasteiger partial charge in [-0.1, -0.05) is 11.6 Å². The molecule has 2 rings (SSSR count). The molecule has 0 aromatic heterocycles. The van der Waals surface area contributed by atoms with Gasteiger partial charge in [0.05, 0.1) is 5.02 Å². The van der Waals surface area contributed by atoms with Gasteiger partial charge in [-0.25, -0.2) is 0 Å². The van der Waals surface area contributed by atoms with Crippen molar-refractivity contribution >= 4 is 29.1 Å². The molecule has 98 valence electrons. The van der Waals surface area contributed by atoms with Crippen LogP contribution in [0.2, 0.25) is 5.02 Å². The lowest BCUT2D eigenvalue weighted by Gasteiger charge is -2.34. The molecule has 3 nitrogen and oxygen atoms in total. The van der Waals surface area contributed by atoms with Gasteiger partial charge in [0.25, 0.3) is 5.91 Å². The molecule has 1 fully saturated rings.